The van der Waals surface area contributed by atoms with E-state index < -0.39 is 0 Å². The van der Waals surface area contributed by atoms with Gasteiger partial charge in [-0.25, -0.2) is 0 Å². The van der Waals surface area contributed by atoms with Crippen molar-refractivity contribution < 1.29 is 5.11 Å². The topological polar surface area (TPSA) is 46.2 Å². The van der Waals surface area contributed by atoms with Crippen LogP contribution in [0.4, 0.5) is 0 Å². The number of nitrogens with two attached hydrogens (primary N) is 1. The summed E-state index contributed by atoms with van der Waals surface area (Å²) in [6.45, 7) is 2.81. The van der Waals surface area contributed by atoms with Crippen molar-refractivity contribution in [2.24, 2.45) is 11.7 Å². The highest BCUT2D eigenvalue weighted by Gasteiger charge is 2.35. The van der Waals surface area contributed by atoms with Crippen molar-refractivity contribution in [3.63, 3.8) is 0 Å². The second kappa shape index (κ2) is 5.85. The van der Waals surface area contributed by atoms with Crippen LogP contribution >= 0.6 is 0 Å². The zero-order valence-electron chi connectivity index (χ0n) is 11.4. The monoisotopic (exact) mass is 247 g/mol. The van der Waals surface area contributed by atoms with Crippen molar-refractivity contribution in [3.05, 3.63) is 35.4 Å². The lowest BCUT2D eigenvalue weighted by atomic mass is 9.72. The molecule has 0 heterocycles. The van der Waals surface area contributed by atoms with E-state index in [-0.39, 0.29) is 12.0 Å². The largest absolute Gasteiger partial charge is 0.395 e. The van der Waals surface area contributed by atoms with E-state index in [1.807, 2.05) is 6.07 Å². The Morgan fingerprint density at radius 2 is 1.94 bits per heavy atom. The molecule has 1 aliphatic carbocycles. The van der Waals surface area contributed by atoms with Crippen LogP contribution in [0.15, 0.2) is 24.3 Å². The van der Waals surface area contributed by atoms with Crippen LogP contribution in [0.2, 0.25) is 0 Å². The summed E-state index contributed by atoms with van der Waals surface area (Å²) < 4.78 is 0. The molecule has 0 radical (unpaired) electrons. The van der Waals surface area contributed by atoms with E-state index in [4.69, 9.17) is 5.73 Å². The molecule has 1 saturated carbocycles. The SMILES string of the molecule is Cc1ccccc1C(CN)(CO)CC1CCCC1. The Bertz CT molecular complexity index is 378. The van der Waals surface area contributed by atoms with Crippen LogP contribution in [0.5, 0.6) is 0 Å². The number of aryl methyl sites for hydroxylation is 1. The molecule has 1 aromatic carbocycles. The minimum absolute atomic E-state index is 0.158. The summed E-state index contributed by atoms with van der Waals surface area (Å²) in [6.07, 6.45) is 6.31. The van der Waals surface area contributed by atoms with Gasteiger partial charge in [0.25, 0.3) is 0 Å². The third kappa shape index (κ3) is 2.60. The van der Waals surface area contributed by atoms with Crippen molar-refractivity contribution in [1.29, 1.82) is 0 Å². The Morgan fingerprint density at radius 1 is 1.28 bits per heavy atom. The van der Waals surface area contributed by atoms with Gasteiger partial charge in [0.15, 0.2) is 0 Å². The van der Waals surface area contributed by atoms with Gasteiger partial charge in [0.05, 0.1) is 6.61 Å². The minimum atomic E-state index is -0.236. The van der Waals surface area contributed by atoms with Gasteiger partial charge in [-0.05, 0) is 30.4 Å². The first-order valence-electron chi connectivity index (χ1n) is 7.09. The van der Waals surface area contributed by atoms with Crippen LogP contribution in [0.25, 0.3) is 0 Å². The number of rotatable bonds is 5. The molecule has 0 saturated heterocycles. The molecular weight excluding hydrogens is 222 g/mol. The lowest BCUT2D eigenvalue weighted by Gasteiger charge is -2.35. The van der Waals surface area contributed by atoms with Gasteiger partial charge in [-0.1, -0.05) is 49.9 Å². The van der Waals surface area contributed by atoms with Crippen molar-refractivity contribution in [2.75, 3.05) is 13.2 Å². The first-order valence-corrected chi connectivity index (χ1v) is 7.09. The van der Waals surface area contributed by atoms with E-state index in [1.165, 1.54) is 36.8 Å². The molecule has 1 aromatic rings. The molecule has 1 unspecified atom stereocenters. The second-order valence-electron chi connectivity index (χ2n) is 5.81. The highest BCUT2D eigenvalue weighted by Crippen LogP contribution is 2.38. The van der Waals surface area contributed by atoms with Gasteiger partial charge >= 0.3 is 0 Å². The first-order chi connectivity index (χ1) is 8.72. The van der Waals surface area contributed by atoms with Crippen LogP contribution in [-0.4, -0.2) is 18.3 Å². The standard InChI is InChI=1S/C16H25NO/c1-13-6-2-5-9-15(13)16(11-17,12-18)10-14-7-3-4-8-14/h2,5-6,9,14,18H,3-4,7-8,10-12,17H2,1H3. The number of aliphatic hydroxyl groups excluding tert-OH is 1. The fourth-order valence-corrected chi connectivity index (χ4v) is 3.45. The van der Waals surface area contributed by atoms with E-state index in [0.717, 1.165) is 12.3 Å². The zero-order valence-corrected chi connectivity index (χ0v) is 11.4. The van der Waals surface area contributed by atoms with Gasteiger partial charge < -0.3 is 10.8 Å². The minimum Gasteiger partial charge on any atom is -0.395 e. The second-order valence-corrected chi connectivity index (χ2v) is 5.81. The molecule has 0 aromatic heterocycles. The average molecular weight is 247 g/mol. The first kappa shape index (κ1) is 13.6. The van der Waals surface area contributed by atoms with Gasteiger partial charge in [0.1, 0.15) is 0 Å². The molecule has 3 N–H and O–H groups in total. The summed E-state index contributed by atoms with van der Waals surface area (Å²) in [5.74, 6) is 0.736. The van der Waals surface area contributed by atoms with E-state index in [1.54, 1.807) is 0 Å². The van der Waals surface area contributed by atoms with Gasteiger partial charge in [-0.15, -0.1) is 0 Å². The maximum Gasteiger partial charge on any atom is 0.0540 e. The molecule has 0 amide bonds. The summed E-state index contributed by atoms with van der Waals surface area (Å²) in [4.78, 5) is 0. The third-order valence-electron chi connectivity index (χ3n) is 4.56. The van der Waals surface area contributed by atoms with Crippen LogP contribution in [-0.2, 0) is 5.41 Å². The van der Waals surface area contributed by atoms with Crippen LogP contribution in [0.3, 0.4) is 0 Å². The summed E-state index contributed by atoms with van der Waals surface area (Å²) in [5.41, 5.74) is 8.28. The molecule has 100 valence electrons. The Kier molecular flexibility index (Phi) is 4.41. The Morgan fingerprint density at radius 3 is 2.50 bits per heavy atom. The maximum absolute atomic E-state index is 9.93. The molecular formula is C16H25NO. The van der Waals surface area contributed by atoms with Crippen molar-refractivity contribution in [3.8, 4) is 0 Å². The predicted molar refractivity (Wildman–Crippen MR) is 75.6 cm³/mol. The van der Waals surface area contributed by atoms with E-state index >= 15 is 0 Å². The predicted octanol–water partition coefficient (Wildman–Crippen LogP) is 2.76. The Labute approximate surface area is 110 Å². The van der Waals surface area contributed by atoms with Gasteiger partial charge in [-0.3, -0.25) is 0 Å². The highest BCUT2D eigenvalue weighted by molar-refractivity contribution is 5.34. The molecule has 1 aliphatic rings. The smallest absolute Gasteiger partial charge is 0.0540 e. The summed E-state index contributed by atoms with van der Waals surface area (Å²) in [5, 5.41) is 9.93. The fraction of sp³-hybridized carbons (Fsp3) is 0.625. The van der Waals surface area contributed by atoms with Crippen LogP contribution in [0.1, 0.15) is 43.2 Å². The lowest BCUT2D eigenvalue weighted by molar-refractivity contribution is 0.168. The molecule has 18 heavy (non-hydrogen) atoms. The highest BCUT2D eigenvalue weighted by atomic mass is 16.3. The molecule has 2 heteroatoms. The molecule has 2 rings (SSSR count). The number of benzene rings is 1. The quantitative estimate of drug-likeness (QED) is 0.840. The van der Waals surface area contributed by atoms with Gasteiger partial charge in [0.2, 0.25) is 0 Å². The molecule has 1 fully saturated rings. The van der Waals surface area contributed by atoms with Crippen molar-refractivity contribution in [1.82, 2.24) is 0 Å². The molecule has 0 spiro atoms. The molecule has 1 atom stereocenters. The van der Waals surface area contributed by atoms with Crippen LogP contribution < -0.4 is 5.73 Å². The summed E-state index contributed by atoms with van der Waals surface area (Å²) in [6, 6.07) is 8.35. The molecule has 0 aliphatic heterocycles. The van der Waals surface area contributed by atoms with Crippen LogP contribution in [0, 0.1) is 12.8 Å². The van der Waals surface area contributed by atoms with Crippen molar-refractivity contribution in [2.45, 2.75) is 44.4 Å². The fourth-order valence-electron chi connectivity index (χ4n) is 3.45. The van der Waals surface area contributed by atoms with E-state index in [2.05, 4.69) is 25.1 Å². The number of hydrogen-bond donors (Lipinski definition) is 2. The molecule has 2 nitrogen and oxygen atoms in total. The summed E-state index contributed by atoms with van der Waals surface area (Å²) >= 11 is 0. The van der Waals surface area contributed by atoms with Gasteiger partial charge in [-0.2, -0.15) is 0 Å². The summed E-state index contributed by atoms with van der Waals surface area (Å²) in [7, 11) is 0. The number of hydrogen-bond acceptors (Lipinski definition) is 2. The van der Waals surface area contributed by atoms with E-state index in [0.29, 0.717) is 6.54 Å². The Balaban J connectivity index is 2.27. The van der Waals surface area contributed by atoms with Crippen molar-refractivity contribution >= 4 is 0 Å². The van der Waals surface area contributed by atoms with E-state index in [9.17, 15) is 5.11 Å². The normalized spacial score (nSPS) is 19.9. The Hall–Kier alpha value is -0.860. The third-order valence-corrected chi connectivity index (χ3v) is 4.56. The average Bonchev–Trinajstić information content (AvgIpc) is 2.90. The number of aliphatic hydroxyl groups is 1. The van der Waals surface area contributed by atoms with Gasteiger partial charge in [0, 0.05) is 12.0 Å². The lowest BCUT2D eigenvalue weighted by Crippen LogP contribution is -2.41. The molecule has 0 bridgehead atoms. The zero-order chi connectivity index (χ0) is 13.0. The maximum atomic E-state index is 9.93.